The smallest absolute Gasteiger partial charge is 0.255 e. The average Bonchev–Trinajstić information content (AvgIpc) is 2.76. The third kappa shape index (κ3) is 3.12. The Labute approximate surface area is 119 Å². The maximum atomic E-state index is 12.4. The van der Waals surface area contributed by atoms with Crippen LogP contribution in [-0.2, 0) is 13.5 Å². The Kier molecular flexibility index (Phi) is 5.05. The van der Waals surface area contributed by atoms with E-state index in [4.69, 9.17) is 18.0 Å². The van der Waals surface area contributed by atoms with Gasteiger partial charge in [0.05, 0.1) is 21.8 Å². The number of aromatic nitrogens is 2. The van der Waals surface area contributed by atoms with Crippen LogP contribution in [0.4, 0.5) is 0 Å². The first-order valence-corrected chi connectivity index (χ1v) is 6.95. The molecule has 0 saturated carbocycles. The van der Waals surface area contributed by atoms with E-state index in [1.807, 2.05) is 20.8 Å². The molecule has 0 radical (unpaired) electrons. The Morgan fingerprint density at radius 3 is 2.47 bits per heavy atom. The number of carbonyl (C=O) groups is 1. The number of thiocarbonyl (C=S) groups is 1. The molecular formula is C13H22N4OS. The lowest BCUT2D eigenvalue weighted by atomic mass is 9.92. The second-order valence-electron chi connectivity index (χ2n) is 4.62. The molecule has 3 N–H and O–H groups in total. The van der Waals surface area contributed by atoms with Gasteiger partial charge in [-0.1, -0.05) is 33.0 Å². The molecule has 19 heavy (non-hydrogen) atoms. The van der Waals surface area contributed by atoms with E-state index < -0.39 is 5.54 Å². The van der Waals surface area contributed by atoms with E-state index in [-0.39, 0.29) is 5.91 Å². The number of carbonyl (C=O) groups excluding carboxylic acids is 1. The first-order valence-electron chi connectivity index (χ1n) is 6.55. The summed E-state index contributed by atoms with van der Waals surface area (Å²) in [5.74, 6) is -0.165. The van der Waals surface area contributed by atoms with E-state index in [0.717, 1.165) is 5.69 Å². The molecule has 0 spiro atoms. The highest BCUT2D eigenvalue weighted by Crippen LogP contribution is 2.17. The van der Waals surface area contributed by atoms with Crippen molar-refractivity contribution in [2.75, 3.05) is 0 Å². The van der Waals surface area contributed by atoms with Crippen LogP contribution in [0.5, 0.6) is 0 Å². The van der Waals surface area contributed by atoms with Crippen LogP contribution in [0, 0.1) is 0 Å². The summed E-state index contributed by atoms with van der Waals surface area (Å²) >= 11 is 5.10. The van der Waals surface area contributed by atoms with Gasteiger partial charge in [-0.05, 0) is 19.3 Å². The summed E-state index contributed by atoms with van der Waals surface area (Å²) < 4.78 is 1.65. The minimum Gasteiger partial charge on any atom is -0.391 e. The van der Waals surface area contributed by atoms with Crippen LogP contribution in [0.1, 0.15) is 49.7 Å². The van der Waals surface area contributed by atoms with Crippen molar-refractivity contribution in [1.82, 2.24) is 15.1 Å². The van der Waals surface area contributed by atoms with Crippen molar-refractivity contribution in [1.29, 1.82) is 0 Å². The summed E-state index contributed by atoms with van der Waals surface area (Å²) in [7, 11) is 1.80. The summed E-state index contributed by atoms with van der Waals surface area (Å²) in [6.45, 7) is 5.90. The maximum Gasteiger partial charge on any atom is 0.255 e. The molecule has 106 valence electrons. The molecule has 5 nitrogen and oxygen atoms in total. The van der Waals surface area contributed by atoms with Crippen molar-refractivity contribution >= 4 is 23.1 Å². The Balaban J connectivity index is 3.03. The molecular weight excluding hydrogens is 260 g/mol. The first-order chi connectivity index (χ1) is 8.90. The van der Waals surface area contributed by atoms with Crippen molar-refractivity contribution in [3.63, 3.8) is 0 Å². The molecule has 0 aliphatic carbocycles. The number of amides is 1. The Morgan fingerprint density at radius 1 is 1.47 bits per heavy atom. The largest absolute Gasteiger partial charge is 0.391 e. The van der Waals surface area contributed by atoms with Crippen molar-refractivity contribution in [3.05, 3.63) is 17.5 Å². The molecule has 0 fully saturated rings. The third-order valence-corrected chi connectivity index (χ3v) is 3.91. The van der Waals surface area contributed by atoms with Crippen LogP contribution < -0.4 is 11.1 Å². The van der Waals surface area contributed by atoms with E-state index in [2.05, 4.69) is 10.4 Å². The minimum absolute atomic E-state index is 0.165. The van der Waals surface area contributed by atoms with Crippen molar-refractivity contribution in [2.45, 2.75) is 45.6 Å². The quantitative estimate of drug-likeness (QED) is 0.777. The fourth-order valence-electron chi connectivity index (χ4n) is 2.11. The molecule has 0 aliphatic rings. The SMILES string of the molecule is CCc1nn(C)cc1C(=O)NC(CC)(CC)C(N)=S. The van der Waals surface area contributed by atoms with Gasteiger partial charge in [0.1, 0.15) is 0 Å². The van der Waals surface area contributed by atoms with Gasteiger partial charge in [-0.3, -0.25) is 9.48 Å². The standard InChI is InChI=1S/C13H22N4OS/c1-5-10-9(8-17(4)16-10)11(18)15-13(6-2,7-3)12(14)19/h8H,5-7H2,1-4H3,(H2,14,19)(H,15,18). The Morgan fingerprint density at radius 2 is 2.05 bits per heavy atom. The highest BCUT2D eigenvalue weighted by molar-refractivity contribution is 7.80. The van der Waals surface area contributed by atoms with Crippen LogP contribution >= 0.6 is 12.2 Å². The van der Waals surface area contributed by atoms with E-state index in [9.17, 15) is 4.79 Å². The van der Waals surface area contributed by atoms with Gasteiger partial charge in [0.15, 0.2) is 0 Å². The normalized spacial score (nSPS) is 11.4. The number of nitrogens with zero attached hydrogens (tertiary/aromatic N) is 2. The number of nitrogens with one attached hydrogen (secondary N) is 1. The van der Waals surface area contributed by atoms with E-state index in [0.29, 0.717) is 29.8 Å². The van der Waals surface area contributed by atoms with Crippen molar-refractivity contribution < 1.29 is 4.79 Å². The molecule has 0 unspecified atom stereocenters. The number of rotatable bonds is 6. The highest BCUT2D eigenvalue weighted by atomic mass is 32.1. The minimum atomic E-state index is -0.618. The van der Waals surface area contributed by atoms with Gasteiger partial charge in [-0.2, -0.15) is 5.10 Å². The number of hydrogen-bond acceptors (Lipinski definition) is 3. The lowest BCUT2D eigenvalue weighted by Crippen LogP contribution is -2.56. The van der Waals surface area contributed by atoms with Crippen molar-refractivity contribution in [3.8, 4) is 0 Å². The fourth-order valence-corrected chi connectivity index (χ4v) is 2.45. The fraction of sp³-hybridized carbons (Fsp3) is 0.615. The van der Waals surface area contributed by atoms with Gasteiger partial charge in [0.2, 0.25) is 0 Å². The van der Waals surface area contributed by atoms with Gasteiger partial charge in [-0.15, -0.1) is 0 Å². The molecule has 6 heteroatoms. The molecule has 0 atom stereocenters. The van der Waals surface area contributed by atoms with Crippen LogP contribution in [0.2, 0.25) is 0 Å². The van der Waals surface area contributed by atoms with Crippen LogP contribution in [0.25, 0.3) is 0 Å². The zero-order valence-electron chi connectivity index (χ0n) is 12.0. The zero-order chi connectivity index (χ0) is 14.6. The predicted octanol–water partition coefficient (Wildman–Crippen LogP) is 1.56. The third-order valence-electron chi connectivity index (χ3n) is 3.52. The second-order valence-corrected chi connectivity index (χ2v) is 5.06. The number of hydrogen-bond donors (Lipinski definition) is 2. The van der Waals surface area contributed by atoms with Gasteiger partial charge in [0, 0.05) is 13.2 Å². The molecule has 1 heterocycles. The monoisotopic (exact) mass is 282 g/mol. The Bertz CT molecular complexity index is 477. The first kappa shape index (κ1) is 15.6. The summed E-state index contributed by atoms with van der Waals surface area (Å²) in [6.07, 6.45) is 3.78. The predicted molar refractivity (Wildman–Crippen MR) is 80.2 cm³/mol. The van der Waals surface area contributed by atoms with Gasteiger partial charge in [0.25, 0.3) is 5.91 Å². The van der Waals surface area contributed by atoms with Gasteiger partial charge >= 0.3 is 0 Å². The van der Waals surface area contributed by atoms with Gasteiger partial charge < -0.3 is 11.1 Å². The number of aryl methyl sites for hydroxylation is 2. The summed E-state index contributed by atoms with van der Waals surface area (Å²) in [5, 5.41) is 7.24. The van der Waals surface area contributed by atoms with Crippen LogP contribution in [0.15, 0.2) is 6.20 Å². The lowest BCUT2D eigenvalue weighted by molar-refractivity contribution is 0.0919. The molecule has 1 aromatic rings. The summed E-state index contributed by atoms with van der Waals surface area (Å²) in [6, 6.07) is 0. The zero-order valence-corrected chi connectivity index (χ0v) is 12.8. The highest BCUT2D eigenvalue weighted by Gasteiger charge is 2.32. The van der Waals surface area contributed by atoms with Gasteiger partial charge in [-0.25, -0.2) is 0 Å². The van der Waals surface area contributed by atoms with E-state index in [1.165, 1.54) is 0 Å². The molecule has 0 saturated heterocycles. The molecule has 0 bridgehead atoms. The molecule has 1 amide bonds. The number of nitrogens with two attached hydrogens (primary N) is 1. The summed E-state index contributed by atoms with van der Waals surface area (Å²) in [5.41, 5.74) is 6.54. The van der Waals surface area contributed by atoms with E-state index in [1.54, 1.807) is 17.9 Å². The van der Waals surface area contributed by atoms with Crippen molar-refractivity contribution in [2.24, 2.45) is 12.8 Å². The molecule has 1 aromatic heterocycles. The Hall–Kier alpha value is -1.43. The molecule has 0 aliphatic heterocycles. The second kappa shape index (κ2) is 6.14. The lowest BCUT2D eigenvalue weighted by Gasteiger charge is -2.31. The van der Waals surface area contributed by atoms with Crippen LogP contribution in [0.3, 0.4) is 0 Å². The van der Waals surface area contributed by atoms with Crippen LogP contribution in [-0.4, -0.2) is 26.2 Å². The topological polar surface area (TPSA) is 72.9 Å². The maximum absolute atomic E-state index is 12.4. The average molecular weight is 282 g/mol. The molecule has 0 aromatic carbocycles. The summed E-state index contributed by atoms with van der Waals surface area (Å²) in [4.78, 5) is 12.7. The van der Waals surface area contributed by atoms with E-state index >= 15 is 0 Å². The molecule has 1 rings (SSSR count).